The van der Waals surface area contributed by atoms with Gasteiger partial charge in [-0.05, 0) is 24.7 Å². The van der Waals surface area contributed by atoms with Crippen molar-refractivity contribution in [3.8, 4) is 0 Å². The maximum absolute atomic E-state index is 4.70. The van der Waals surface area contributed by atoms with Gasteiger partial charge in [-0.25, -0.2) is 0 Å². The summed E-state index contributed by atoms with van der Waals surface area (Å²) in [5.74, 6) is 4.60. The fourth-order valence-electron chi connectivity index (χ4n) is 3.37. The van der Waals surface area contributed by atoms with E-state index in [-0.39, 0.29) is 0 Å². The molecular formula is C15H25N5. The first-order chi connectivity index (χ1) is 9.54. The number of hydrogen-bond acceptors (Lipinski definition) is 5. The van der Waals surface area contributed by atoms with Crippen molar-refractivity contribution < 1.29 is 0 Å². The van der Waals surface area contributed by atoms with Crippen molar-refractivity contribution >= 4 is 11.9 Å². The molecule has 1 saturated carbocycles. The first-order valence-corrected chi connectivity index (χ1v) is 7.73. The summed E-state index contributed by atoms with van der Waals surface area (Å²) in [5.41, 5.74) is 0. The summed E-state index contributed by atoms with van der Waals surface area (Å²) in [7, 11) is 3.98. The van der Waals surface area contributed by atoms with Crippen LogP contribution in [-0.4, -0.2) is 42.1 Å². The molecule has 1 aromatic rings. The molecule has 0 amide bonds. The van der Waals surface area contributed by atoms with Gasteiger partial charge in [0.2, 0.25) is 11.9 Å². The van der Waals surface area contributed by atoms with Crippen LogP contribution in [0.25, 0.3) is 0 Å². The predicted molar refractivity (Wildman–Crippen MR) is 81.3 cm³/mol. The van der Waals surface area contributed by atoms with E-state index in [0.717, 1.165) is 42.6 Å². The summed E-state index contributed by atoms with van der Waals surface area (Å²) in [6.07, 6.45) is 4.16. The lowest BCUT2D eigenvalue weighted by molar-refractivity contribution is 0.494. The first-order valence-electron chi connectivity index (χ1n) is 7.73. The maximum atomic E-state index is 4.70. The van der Waals surface area contributed by atoms with E-state index in [4.69, 9.17) is 4.98 Å². The van der Waals surface area contributed by atoms with E-state index in [1.54, 1.807) is 0 Å². The van der Waals surface area contributed by atoms with Crippen LogP contribution < -0.4 is 9.80 Å². The average Bonchev–Trinajstić information content (AvgIpc) is 2.98. The lowest BCUT2D eigenvalue weighted by atomic mass is 10.0. The van der Waals surface area contributed by atoms with Crippen LogP contribution in [0.5, 0.6) is 0 Å². The minimum absolute atomic E-state index is 0.331. The lowest BCUT2D eigenvalue weighted by Gasteiger charge is -2.20. The average molecular weight is 275 g/mol. The topological polar surface area (TPSA) is 45.2 Å². The Bertz CT molecular complexity index is 447. The molecule has 110 valence electrons. The van der Waals surface area contributed by atoms with Crippen LogP contribution in [0.4, 0.5) is 11.9 Å². The fraction of sp³-hybridized carbons (Fsp3) is 0.800. The van der Waals surface area contributed by atoms with Crippen molar-refractivity contribution in [2.45, 2.75) is 39.0 Å². The van der Waals surface area contributed by atoms with Crippen molar-refractivity contribution in [3.05, 3.63) is 5.82 Å². The molecular weight excluding hydrogens is 250 g/mol. The highest BCUT2D eigenvalue weighted by Crippen LogP contribution is 2.39. The van der Waals surface area contributed by atoms with Gasteiger partial charge in [0.05, 0.1) is 0 Å². The van der Waals surface area contributed by atoms with E-state index in [2.05, 4.69) is 28.7 Å². The molecule has 2 heterocycles. The molecule has 5 nitrogen and oxygen atoms in total. The summed E-state index contributed by atoms with van der Waals surface area (Å²) < 4.78 is 0. The van der Waals surface area contributed by atoms with E-state index in [1.165, 1.54) is 19.3 Å². The van der Waals surface area contributed by atoms with Gasteiger partial charge in [-0.2, -0.15) is 15.0 Å². The quantitative estimate of drug-likeness (QED) is 0.847. The molecule has 2 aliphatic rings. The molecule has 5 heteroatoms. The summed E-state index contributed by atoms with van der Waals surface area (Å²) in [4.78, 5) is 18.2. The SMILES string of the molecule is CC(C)c1nc(N(C)C)nc(N2CC3CCCC3C2)n1. The molecule has 2 unspecified atom stereocenters. The van der Waals surface area contributed by atoms with Crippen LogP contribution in [0, 0.1) is 11.8 Å². The lowest BCUT2D eigenvalue weighted by Crippen LogP contribution is -2.26. The van der Waals surface area contributed by atoms with E-state index in [9.17, 15) is 0 Å². The molecule has 1 saturated heterocycles. The van der Waals surface area contributed by atoms with Gasteiger partial charge in [0.25, 0.3) is 0 Å². The highest BCUT2D eigenvalue weighted by atomic mass is 15.3. The maximum Gasteiger partial charge on any atom is 0.230 e. The zero-order valence-electron chi connectivity index (χ0n) is 13.0. The summed E-state index contributed by atoms with van der Waals surface area (Å²) in [6.45, 7) is 6.52. The highest BCUT2D eigenvalue weighted by molar-refractivity contribution is 5.40. The zero-order chi connectivity index (χ0) is 14.3. The molecule has 0 bridgehead atoms. The second-order valence-electron chi connectivity index (χ2n) is 6.70. The van der Waals surface area contributed by atoms with Gasteiger partial charge in [0.15, 0.2) is 0 Å². The summed E-state index contributed by atoms with van der Waals surface area (Å²) in [5, 5.41) is 0. The standard InChI is InChI=1S/C15H25N5/c1-10(2)13-16-14(19(3)4)18-15(17-13)20-8-11-6-5-7-12(11)9-20/h10-12H,5-9H2,1-4H3. The van der Waals surface area contributed by atoms with Gasteiger partial charge in [0.1, 0.15) is 5.82 Å². The largest absolute Gasteiger partial charge is 0.347 e. The third-order valence-corrected chi connectivity index (χ3v) is 4.55. The van der Waals surface area contributed by atoms with Crippen molar-refractivity contribution in [2.75, 3.05) is 37.0 Å². The predicted octanol–water partition coefficient (Wildman–Crippen LogP) is 2.30. The molecule has 1 aliphatic carbocycles. The Morgan fingerprint density at radius 3 is 2.25 bits per heavy atom. The Balaban J connectivity index is 1.88. The van der Waals surface area contributed by atoms with Gasteiger partial charge < -0.3 is 9.80 Å². The van der Waals surface area contributed by atoms with Crippen LogP contribution in [0.1, 0.15) is 44.9 Å². The molecule has 1 aromatic heterocycles. The smallest absolute Gasteiger partial charge is 0.230 e. The molecule has 2 fully saturated rings. The molecule has 20 heavy (non-hydrogen) atoms. The van der Waals surface area contributed by atoms with Crippen LogP contribution in [-0.2, 0) is 0 Å². The van der Waals surface area contributed by atoms with Gasteiger partial charge >= 0.3 is 0 Å². The number of nitrogens with zero attached hydrogens (tertiary/aromatic N) is 5. The number of rotatable bonds is 3. The molecule has 1 aliphatic heterocycles. The van der Waals surface area contributed by atoms with Gasteiger partial charge in [-0.3, -0.25) is 0 Å². The third kappa shape index (κ3) is 2.45. The summed E-state index contributed by atoms with van der Waals surface area (Å²) in [6, 6.07) is 0. The molecule has 0 N–H and O–H groups in total. The van der Waals surface area contributed by atoms with Crippen LogP contribution in [0.2, 0.25) is 0 Å². The molecule has 3 rings (SSSR count). The Hall–Kier alpha value is -1.39. The van der Waals surface area contributed by atoms with Gasteiger partial charge in [0, 0.05) is 33.1 Å². The van der Waals surface area contributed by atoms with Crippen LogP contribution in [0.3, 0.4) is 0 Å². The fourth-order valence-corrected chi connectivity index (χ4v) is 3.37. The molecule has 2 atom stereocenters. The Labute approximate surface area is 121 Å². The van der Waals surface area contributed by atoms with E-state index < -0.39 is 0 Å². The van der Waals surface area contributed by atoms with Crippen molar-refractivity contribution in [3.63, 3.8) is 0 Å². The van der Waals surface area contributed by atoms with Gasteiger partial charge in [-0.15, -0.1) is 0 Å². The monoisotopic (exact) mass is 275 g/mol. The highest BCUT2D eigenvalue weighted by Gasteiger charge is 2.37. The summed E-state index contributed by atoms with van der Waals surface area (Å²) >= 11 is 0. The Morgan fingerprint density at radius 2 is 1.70 bits per heavy atom. The number of aromatic nitrogens is 3. The van der Waals surface area contributed by atoms with E-state index in [0.29, 0.717) is 5.92 Å². The van der Waals surface area contributed by atoms with Crippen molar-refractivity contribution in [1.29, 1.82) is 0 Å². The second kappa shape index (κ2) is 5.19. The zero-order valence-corrected chi connectivity index (χ0v) is 13.0. The number of fused-ring (bicyclic) bond motifs is 1. The van der Waals surface area contributed by atoms with Crippen molar-refractivity contribution in [2.24, 2.45) is 11.8 Å². The van der Waals surface area contributed by atoms with E-state index in [1.807, 2.05) is 19.0 Å². The third-order valence-electron chi connectivity index (χ3n) is 4.55. The number of anilines is 2. The first kappa shape index (κ1) is 13.6. The van der Waals surface area contributed by atoms with E-state index >= 15 is 0 Å². The molecule has 0 radical (unpaired) electrons. The van der Waals surface area contributed by atoms with Crippen LogP contribution in [0.15, 0.2) is 0 Å². The minimum Gasteiger partial charge on any atom is -0.347 e. The second-order valence-corrected chi connectivity index (χ2v) is 6.70. The minimum atomic E-state index is 0.331. The molecule has 0 spiro atoms. The van der Waals surface area contributed by atoms with Crippen molar-refractivity contribution in [1.82, 2.24) is 15.0 Å². The molecule has 0 aromatic carbocycles. The number of hydrogen-bond donors (Lipinski definition) is 0. The van der Waals surface area contributed by atoms with Gasteiger partial charge in [-0.1, -0.05) is 20.3 Å². The Kier molecular flexibility index (Phi) is 3.52. The van der Waals surface area contributed by atoms with Crippen LogP contribution >= 0.6 is 0 Å². The Morgan fingerprint density at radius 1 is 1.05 bits per heavy atom. The normalized spacial score (nSPS) is 25.4.